The van der Waals surface area contributed by atoms with Crippen LogP contribution in [-0.4, -0.2) is 54.4 Å². The molecule has 0 saturated carbocycles. The van der Waals surface area contributed by atoms with Crippen LogP contribution < -0.4 is 19.9 Å². The summed E-state index contributed by atoms with van der Waals surface area (Å²) in [5.74, 6) is -12.8. The van der Waals surface area contributed by atoms with Crippen molar-refractivity contribution in [3.05, 3.63) is 89.5 Å². The van der Waals surface area contributed by atoms with Gasteiger partial charge in [-0.3, -0.25) is 24.1 Å². The van der Waals surface area contributed by atoms with E-state index in [1.807, 2.05) is 35.2 Å². The maximum Gasteiger partial charge on any atom is 0.305 e. The second kappa shape index (κ2) is 12.5. The van der Waals surface area contributed by atoms with Gasteiger partial charge in [-0.15, -0.1) is 0 Å². The fraction of sp³-hybridized carbons (Fsp3) is 0.214. The monoisotopic (exact) mass is 573 g/mol. The molecular formula is C28H23F4N3O6. The molecule has 3 aromatic carbocycles. The largest absolute Gasteiger partial charge is 0.481 e. The number of nitrogens with zero attached hydrogens (tertiary/aromatic N) is 2. The van der Waals surface area contributed by atoms with Crippen LogP contribution in [0.4, 0.5) is 28.9 Å². The Labute approximate surface area is 230 Å². The second-order valence-corrected chi connectivity index (χ2v) is 9.08. The molecule has 0 aliphatic carbocycles. The number of carboxylic acids is 1. The van der Waals surface area contributed by atoms with Gasteiger partial charge in [-0.2, -0.15) is 8.78 Å². The van der Waals surface area contributed by atoms with Crippen molar-refractivity contribution < 1.29 is 46.6 Å². The minimum atomic E-state index is -1.89. The first-order valence-electron chi connectivity index (χ1n) is 12.2. The van der Waals surface area contributed by atoms with E-state index in [0.717, 1.165) is 5.56 Å². The molecule has 2 amide bonds. The Bertz CT molecular complexity index is 1460. The van der Waals surface area contributed by atoms with E-state index in [1.165, 1.54) is 4.90 Å². The number of anilines is 2. The SMILES string of the molecule is O=C(O)C[C@H](NC(=O)CN1C(=O)CN(Cc2ccccc2)c2ccccc21)C(=O)COc1c(F)c(F)cc(F)c1F. The molecule has 0 spiro atoms. The second-order valence-electron chi connectivity index (χ2n) is 9.08. The molecule has 1 aliphatic rings. The third-order valence-corrected chi connectivity index (χ3v) is 6.19. The number of carboxylic acid groups (broad SMARTS) is 1. The molecule has 0 radical (unpaired) electrons. The highest BCUT2D eigenvalue weighted by Crippen LogP contribution is 2.34. The van der Waals surface area contributed by atoms with Gasteiger partial charge in [0, 0.05) is 12.6 Å². The van der Waals surface area contributed by atoms with Crippen molar-refractivity contribution in [2.45, 2.75) is 19.0 Å². The van der Waals surface area contributed by atoms with Crippen LogP contribution in [-0.2, 0) is 25.7 Å². The minimum absolute atomic E-state index is 0.0479. The van der Waals surface area contributed by atoms with Crippen LogP contribution in [0.25, 0.3) is 0 Å². The molecule has 0 unspecified atom stereocenters. The zero-order chi connectivity index (χ0) is 29.7. The molecule has 2 N–H and O–H groups in total. The Morgan fingerprint density at radius 1 is 0.927 bits per heavy atom. The zero-order valence-electron chi connectivity index (χ0n) is 21.3. The van der Waals surface area contributed by atoms with Crippen molar-refractivity contribution in [2.75, 3.05) is 29.5 Å². The summed E-state index contributed by atoms with van der Waals surface area (Å²) in [6, 6.07) is 14.5. The van der Waals surface area contributed by atoms with Gasteiger partial charge in [-0.1, -0.05) is 42.5 Å². The smallest absolute Gasteiger partial charge is 0.305 e. The average Bonchev–Trinajstić information content (AvgIpc) is 2.94. The third-order valence-electron chi connectivity index (χ3n) is 6.19. The van der Waals surface area contributed by atoms with Gasteiger partial charge in [0.15, 0.2) is 23.2 Å². The summed E-state index contributed by atoms with van der Waals surface area (Å²) in [5, 5.41) is 11.4. The molecule has 0 aromatic heterocycles. The summed E-state index contributed by atoms with van der Waals surface area (Å²) in [6.07, 6.45) is -0.939. The van der Waals surface area contributed by atoms with E-state index in [4.69, 9.17) is 0 Å². The maximum absolute atomic E-state index is 13.9. The lowest BCUT2D eigenvalue weighted by molar-refractivity contribution is -0.140. The van der Waals surface area contributed by atoms with Crippen LogP contribution in [0.2, 0.25) is 0 Å². The van der Waals surface area contributed by atoms with E-state index < -0.39 is 78.2 Å². The number of Topliss-reactive ketones (excluding diaryl/α,β-unsaturated/α-hetero) is 1. The van der Waals surface area contributed by atoms with Gasteiger partial charge < -0.3 is 20.1 Å². The van der Waals surface area contributed by atoms with Crippen molar-refractivity contribution >= 4 is 34.9 Å². The molecule has 3 aromatic rings. The number of rotatable bonds is 11. The number of benzene rings is 3. The molecule has 0 bridgehead atoms. The summed E-state index contributed by atoms with van der Waals surface area (Å²) >= 11 is 0. The van der Waals surface area contributed by atoms with Crippen molar-refractivity contribution in [1.29, 1.82) is 0 Å². The van der Waals surface area contributed by atoms with Gasteiger partial charge in [0.05, 0.1) is 24.3 Å². The van der Waals surface area contributed by atoms with Crippen molar-refractivity contribution in [2.24, 2.45) is 0 Å². The number of hydrogen-bond acceptors (Lipinski definition) is 6. The number of halogens is 4. The number of amides is 2. The standard InChI is InChI=1S/C28H23F4N3O6/c29-17-10-18(30)27(32)28(26(17)31)41-15-22(36)19(11-25(39)40)33-23(37)13-35-21-9-5-4-8-20(21)34(14-24(35)38)12-16-6-2-1-3-7-16/h1-10,19H,11-15H2,(H,33,37)(H,39,40)/t19-/m0/s1. The normalized spacial score (nSPS) is 13.4. The Kier molecular flexibility index (Phi) is 8.85. The lowest BCUT2D eigenvalue weighted by Crippen LogP contribution is -2.52. The third kappa shape index (κ3) is 6.80. The Morgan fingerprint density at radius 3 is 2.17 bits per heavy atom. The van der Waals surface area contributed by atoms with Gasteiger partial charge in [-0.25, -0.2) is 8.78 Å². The number of ketones is 1. The molecule has 9 nitrogen and oxygen atoms in total. The fourth-order valence-electron chi connectivity index (χ4n) is 4.27. The van der Waals surface area contributed by atoms with Crippen molar-refractivity contribution in [3.63, 3.8) is 0 Å². The number of ether oxygens (including phenoxy) is 1. The Morgan fingerprint density at radius 2 is 1.54 bits per heavy atom. The molecule has 4 rings (SSSR count). The molecule has 13 heteroatoms. The first-order chi connectivity index (χ1) is 19.5. The van der Waals surface area contributed by atoms with E-state index in [9.17, 15) is 41.8 Å². The molecule has 0 fully saturated rings. The van der Waals surface area contributed by atoms with Crippen LogP contribution in [0.1, 0.15) is 12.0 Å². The molecule has 0 saturated heterocycles. The predicted molar refractivity (Wildman–Crippen MR) is 137 cm³/mol. The van der Waals surface area contributed by atoms with E-state index in [2.05, 4.69) is 10.1 Å². The Hall–Kier alpha value is -4.94. The van der Waals surface area contributed by atoms with E-state index in [-0.39, 0.29) is 12.6 Å². The zero-order valence-corrected chi connectivity index (χ0v) is 21.3. The lowest BCUT2D eigenvalue weighted by atomic mass is 10.1. The van der Waals surface area contributed by atoms with Crippen LogP contribution in [0, 0.1) is 23.3 Å². The summed E-state index contributed by atoms with van der Waals surface area (Å²) in [4.78, 5) is 52.9. The number of carbonyl (C=O) groups is 4. The summed E-state index contributed by atoms with van der Waals surface area (Å²) < 4.78 is 59.2. The van der Waals surface area contributed by atoms with Gasteiger partial charge in [0.1, 0.15) is 19.2 Å². The summed E-state index contributed by atoms with van der Waals surface area (Å²) in [7, 11) is 0. The molecule has 1 aliphatic heterocycles. The quantitative estimate of drug-likeness (QED) is 0.267. The molecule has 1 atom stereocenters. The Balaban J connectivity index is 1.46. The lowest BCUT2D eigenvalue weighted by Gasteiger charge is -2.37. The minimum Gasteiger partial charge on any atom is -0.481 e. The van der Waals surface area contributed by atoms with E-state index >= 15 is 0 Å². The highest BCUT2D eigenvalue weighted by Gasteiger charge is 2.32. The van der Waals surface area contributed by atoms with Gasteiger partial charge in [0.25, 0.3) is 0 Å². The van der Waals surface area contributed by atoms with Gasteiger partial charge >= 0.3 is 5.97 Å². The van der Waals surface area contributed by atoms with Gasteiger partial charge in [-0.05, 0) is 17.7 Å². The number of para-hydroxylation sites is 2. The molecular weight excluding hydrogens is 550 g/mol. The molecule has 41 heavy (non-hydrogen) atoms. The van der Waals surface area contributed by atoms with Gasteiger partial charge in [0.2, 0.25) is 23.4 Å². The highest BCUT2D eigenvalue weighted by atomic mass is 19.2. The molecule has 1 heterocycles. The average molecular weight is 573 g/mol. The highest BCUT2D eigenvalue weighted by molar-refractivity contribution is 6.06. The van der Waals surface area contributed by atoms with Crippen LogP contribution in [0.15, 0.2) is 60.7 Å². The van der Waals surface area contributed by atoms with Crippen LogP contribution in [0.5, 0.6) is 5.75 Å². The number of carbonyl (C=O) groups excluding carboxylic acids is 3. The number of hydrogen-bond donors (Lipinski definition) is 2. The van der Waals surface area contributed by atoms with Crippen LogP contribution in [0.3, 0.4) is 0 Å². The first-order valence-corrected chi connectivity index (χ1v) is 12.2. The first kappa shape index (κ1) is 29.1. The number of fused-ring (bicyclic) bond motifs is 1. The predicted octanol–water partition coefficient (Wildman–Crippen LogP) is 3.20. The van der Waals surface area contributed by atoms with E-state index in [1.54, 1.807) is 24.3 Å². The maximum atomic E-state index is 13.9. The van der Waals surface area contributed by atoms with Crippen molar-refractivity contribution in [3.8, 4) is 5.75 Å². The number of aliphatic carboxylic acids is 1. The topological polar surface area (TPSA) is 116 Å². The van der Waals surface area contributed by atoms with Crippen LogP contribution >= 0.6 is 0 Å². The van der Waals surface area contributed by atoms with E-state index in [0.29, 0.717) is 17.9 Å². The molecule has 214 valence electrons. The number of nitrogens with one attached hydrogen (secondary N) is 1. The fourth-order valence-corrected chi connectivity index (χ4v) is 4.27. The summed E-state index contributed by atoms with van der Waals surface area (Å²) in [5.41, 5.74) is 2.04. The van der Waals surface area contributed by atoms with Crippen molar-refractivity contribution in [1.82, 2.24) is 5.32 Å². The summed E-state index contributed by atoms with van der Waals surface area (Å²) in [6.45, 7) is -1.42.